The number of halogens is 5. The Morgan fingerprint density at radius 2 is 1.85 bits per heavy atom. The highest BCUT2D eigenvalue weighted by molar-refractivity contribution is 5.34. The number of alkyl halides is 5. The Kier molecular flexibility index (Phi) is 6.24. The van der Waals surface area contributed by atoms with Crippen LogP contribution in [-0.4, -0.2) is 69.8 Å². The van der Waals surface area contributed by atoms with Crippen LogP contribution in [0.1, 0.15) is 30.8 Å². The predicted octanol–water partition coefficient (Wildman–Crippen LogP) is 2.26. The number of hydrogen-bond donors (Lipinski definition) is 2. The van der Waals surface area contributed by atoms with Crippen molar-refractivity contribution in [2.24, 2.45) is 13.0 Å². The second kappa shape index (κ2) is 8.87. The van der Waals surface area contributed by atoms with E-state index in [2.05, 4.69) is 30.6 Å². The molecule has 0 bridgehead atoms. The molecule has 1 fully saturated rings. The summed E-state index contributed by atoms with van der Waals surface area (Å²) in [5.41, 5.74) is -0.602. The van der Waals surface area contributed by atoms with Gasteiger partial charge >= 0.3 is 6.18 Å². The van der Waals surface area contributed by atoms with Crippen LogP contribution < -0.4 is 5.32 Å². The lowest BCUT2D eigenvalue weighted by atomic mass is 9.88. The summed E-state index contributed by atoms with van der Waals surface area (Å²) >= 11 is 0. The highest BCUT2D eigenvalue weighted by atomic mass is 19.4. The van der Waals surface area contributed by atoms with Gasteiger partial charge in [0.15, 0.2) is 6.23 Å². The van der Waals surface area contributed by atoms with E-state index in [4.69, 9.17) is 0 Å². The number of aliphatic hydroxyl groups is 1. The average molecular weight is 487 g/mol. The van der Waals surface area contributed by atoms with Gasteiger partial charge in [0.05, 0.1) is 30.7 Å². The molecule has 0 spiro atoms. The zero-order valence-corrected chi connectivity index (χ0v) is 18.2. The maximum absolute atomic E-state index is 14.5. The summed E-state index contributed by atoms with van der Waals surface area (Å²) in [6.07, 6.45) is -0.855. The summed E-state index contributed by atoms with van der Waals surface area (Å²) in [5, 5.41) is 26.2. The second-order valence-corrected chi connectivity index (χ2v) is 8.22. The van der Waals surface area contributed by atoms with Gasteiger partial charge < -0.3 is 10.4 Å². The number of rotatable bonds is 6. The van der Waals surface area contributed by atoms with Crippen LogP contribution in [0.3, 0.4) is 0 Å². The third-order valence-corrected chi connectivity index (χ3v) is 5.60. The number of aromatic nitrogens is 7. The Morgan fingerprint density at radius 3 is 2.47 bits per heavy atom. The maximum atomic E-state index is 14.5. The van der Waals surface area contributed by atoms with E-state index in [1.807, 2.05) is 0 Å². The molecule has 0 radical (unpaired) electrons. The third kappa shape index (κ3) is 4.99. The minimum absolute atomic E-state index is 0.00184. The standard InChI is InChI=1S/C19H22F5N9O/c1-11-5-18(20,21)10-32(13(11)8-27-17-25-6-12(7-26-17)19(22,23)24)16(34)15-14(9-31(2)30-15)33-28-3-4-29-33/h3-4,6-7,9,11,13,16,34H,5,8,10H2,1-2H3,(H,25,26,27)/t11-,13?,16?/m1/s1. The molecule has 1 aliphatic heterocycles. The van der Waals surface area contributed by atoms with E-state index in [-0.39, 0.29) is 18.2 Å². The Bertz CT molecular complexity index is 1100. The van der Waals surface area contributed by atoms with Crippen molar-refractivity contribution in [3.8, 4) is 5.69 Å². The van der Waals surface area contributed by atoms with Crippen LogP contribution in [0, 0.1) is 5.92 Å². The first kappa shape index (κ1) is 23.9. The Labute approximate surface area is 190 Å². The van der Waals surface area contributed by atoms with Gasteiger partial charge in [-0.05, 0) is 5.92 Å². The van der Waals surface area contributed by atoms with Crippen molar-refractivity contribution in [3.63, 3.8) is 0 Å². The van der Waals surface area contributed by atoms with Crippen LogP contribution in [0.5, 0.6) is 0 Å². The molecule has 1 saturated heterocycles. The highest BCUT2D eigenvalue weighted by Gasteiger charge is 2.47. The molecular formula is C19H22F5N9O. The molecule has 3 aromatic heterocycles. The molecule has 1 aliphatic rings. The van der Waals surface area contributed by atoms with E-state index in [0.29, 0.717) is 18.1 Å². The van der Waals surface area contributed by atoms with Gasteiger partial charge in [0, 0.05) is 38.4 Å². The molecule has 4 heterocycles. The molecule has 3 atom stereocenters. The zero-order chi connectivity index (χ0) is 24.7. The van der Waals surface area contributed by atoms with E-state index in [9.17, 15) is 27.1 Å². The van der Waals surface area contributed by atoms with Gasteiger partial charge in [-0.15, -0.1) is 4.80 Å². The summed E-state index contributed by atoms with van der Waals surface area (Å²) in [6.45, 7) is 0.865. The number of nitrogens with one attached hydrogen (secondary N) is 1. The first-order valence-electron chi connectivity index (χ1n) is 10.3. The summed E-state index contributed by atoms with van der Waals surface area (Å²) < 4.78 is 68.6. The highest BCUT2D eigenvalue weighted by Crippen LogP contribution is 2.38. The van der Waals surface area contributed by atoms with Crippen molar-refractivity contribution < 1.29 is 27.1 Å². The molecule has 0 saturated carbocycles. The van der Waals surface area contributed by atoms with Crippen molar-refractivity contribution in [1.29, 1.82) is 0 Å². The largest absolute Gasteiger partial charge is 0.419 e. The molecule has 2 unspecified atom stereocenters. The van der Waals surface area contributed by atoms with Gasteiger partial charge in [0.25, 0.3) is 5.92 Å². The van der Waals surface area contributed by atoms with Gasteiger partial charge in [-0.2, -0.15) is 28.5 Å². The number of likely N-dealkylation sites (tertiary alicyclic amines) is 1. The van der Waals surface area contributed by atoms with E-state index in [1.165, 1.54) is 26.8 Å². The molecule has 0 aromatic carbocycles. The molecule has 15 heteroatoms. The number of piperidine rings is 1. The Morgan fingerprint density at radius 1 is 1.21 bits per heavy atom. The van der Waals surface area contributed by atoms with Gasteiger partial charge in [-0.1, -0.05) is 6.92 Å². The van der Waals surface area contributed by atoms with Crippen LogP contribution in [0.4, 0.5) is 27.9 Å². The molecule has 34 heavy (non-hydrogen) atoms. The van der Waals surface area contributed by atoms with Crippen molar-refractivity contribution in [2.45, 2.75) is 37.7 Å². The van der Waals surface area contributed by atoms with Gasteiger partial charge in [-0.3, -0.25) is 9.58 Å². The minimum atomic E-state index is -4.58. The van der Waals surface area contributed by atoms with Crippen LogP contribution in [0.2, 0.25) is 0 Å². The molecule has 184 valence electrons. The van der Waals surface area contributed by atoms with E-state index in [0.717, 1.165) is 0 Å². The Hall–Kier alpha value is -3.20. The molecule has 2 N–H and O–H groups in total. The van der Waals surface area contributed by atoms with Crippen LogP contribution in [0.15, 0.2) is 31.0 Å². The van der Waals surface area contributed by atoms with Crippen molar-refractivity contribution in [2.75, 3.05) is 18.4 Å². The maximum Gasteiger partial charge on any atom is 0.419 e. The van der Waals surface area contributed by atoms with Gasteiger partial charge in [0.1, 0.15) is 11.4 Å². The fourth-order valence-electron chi connectivity index (χ4n) is 4.06. The van der Waals surface area contributed by atoms with E-state index >= 15 is 0 Å². The topological polar surface area (TPSA) is 110 Å². The van der Waals surface area contributed by atoms with Gasteiger partial charge in [0.2, 0.25) is 5.95 Å². The molecule has 10 nitrogen and oxygen atoms in total. The molecule has 0 amide bonds. The quantitative estimate of drug-likeness (QED) is 0.510. The number of anilines is 1. The van der Waals surface area contributed by atoms with Gasteiger partial charge in [-0.25, -0.2) is 18.7 Å². The van der Waals surface area contributed by atoms with Crippen LogP contribution >= 0.6 is 0 Å². The summed E-state index contributed by atoms with van der Waals surface area (Å²) in [6, 6.07) is -0.638. The SMILES string of the molecule is C[C@@H]1CC(F)(F)CN(C(O)c2nn(C)cc2-n2nccn2)C1CNc1ncc(C(F)(F)F)cn1. The van der Waals surface area contributed by atoms with E-state index < -0.39 is 48.8 Å². The molecule has 3 aromatic rings. The number of nitrogens with zero attached hydrogens (tertiary/aromatic N) is 8. The van der Waals surface area contributed by atoms with Crippen LogP contribution in [-0.2, 0) is 13.2 Å². The van der Waals surface area contributed by atoms with Crippen molar-refractivity contribution >= 4 is 5.95 Å². The van der Waals surface area contributed by atoms with E-state index in [1.54, 1.807) is 20.2 Å². The first-order chi connectivity index (χ1) is 15.9. The lowest BCUT2D eigenvalue weighted by Crippen LogP contribution is -2.56. The zero-order valence-electron chi connectivity index (χ0n) is 18.2. The smallest absolute Gasteiger partial charge is 0.372 e. The third-order valence-electron chi connectivity index (χ3n) is 5.60. The number of aliphatic hydroxyl groups excluding tert-OH is 1. The molecular weight excluding hydrogens is 465 g/mol. The average Bonchev–Trinajstić information content (AvgIpc) is 3.41. The summed E-state index contributed by atoms with van der Waals surface area (Å²) in [4.78, 5) is 9.74. The normalized spacial score (nSPS) is 22.0. The first-order valence-corrected chi connectivity index (χ1v) is 10.3. The number of aryl methyl sites for hydroxylation is 1. The Balaban J connectivity index is 1.58. The summed E-state index contributed by atoms with van der Waals surface area (Å²) in [7, 11) is 1.61. The second-order valence-electron chi connectivity index (χ2n) is 8.22. The monoisotopic (exact) mass is 487 g/mol. The fourth-order valence-corrected chi connectivity index (χ4v) is 4.06. The van der Waals surface area contributed by atoms with Crippen molar-refractivity contribution in [3.05, 3.63) is 42.2 Å². The lowest BCUT2D eigenvalue weighted by Gasteiger charge is -2.45. The molecule has 4 rings (SSSR count). The fraction of sp³-hybridized carbons (Fsp3) is 0.526. The lowest BCUT2D eigenvalue weighted by molar-refractivity contribution is -0.153. The minimum Gasteiger partial charge on any atom is -0.372 e. The predicted molar refractivity (Wildman–Crippen MR) is 108 cm³/mol. The van der Waals surface area contributed by atoms with Crippen LogP contribution in [0.25, 0.3) is 5.69 Å². The van der Waals surface area contributed by atoms with Crippen molar-refractivity contribution in [1.82, 2.24) is 39.6 Å². The summed E-state index contributed by atoms with van der Waals surface area (Å²) in [5.74, 6) is -3.75. The molecule has 0 aliphatic carbocycles. The number of hydrogen-bond acceptors (Lipinski definition) is 8.